The maximum absolute atomic E-state index is 12.6. The second kappa shape index (κ2) is 7.77. The molecular formula is C15H21BrN6O3. The molecule has 0 aromatic carbocycles. The van der Waals surface area contributed by atoms with E-state index in [0.717, 1.165) is 10.2 Å². The average Bonchev–Trinajstić information content (AvgIpc) is 3.10. The quantitative estimate of drug-likeness (QED) is 0.513. The van der Waals surface area contributed by atoms with Crippen molar-refractivity contribution in [1.29, 1.82) is 0 Å². The van der Waals surface area contributed by atoms with Gasteiger partial charge in [-0.2, -0.15) is 9.78 Å². The predicted octanol–water partition coefficient (Wildman–Crippen LogP) is 2.37. The molecule has 0 N–H and O–H groups in total. The molecule has 25 heavy (non-hydrogen) atoms. The van der Waals surface area contributed by atoms with Crippen molar-refractivity contribution in [3.8, 4) is 0 Å². The van der Waals surface area contributed by atoms with Crippen LogP contribution in [0.3, 0.4) is 0 Å². The molecule has 136 valence electrons. The number of carbonyl (C=O) groups excluding carboxylic acids is 1. The van der Waals surface area contributed by atoms with Crippen molar-refractivity contribution in [1.82, 2.24) is 24.5 Å². The zero-order valence-corrected chi connectivity index (χ0v) is 16.2. The minimum Gasteiger partial charge on any atom is -0.358 e. The van der Waals surface area contributed by atoms with E-state index in [-0.39, 0.29) is 24.2 Å². The van der Waals surface area contributed by atoms with Gasteiger partial charge in [-0.15, -0.1) is 0 Å². The van der Waals surface area contributed by atoms with E-state index < -0.39 is 4.92 Å². The Morgan fingerprint density at radius 3 is 2.72 bits per heavy atom. The molecule has 0 aliphatic carbocycles. The van der Waals surface area contributed by atoms with Crippen molar-refractivity contribution in [2.45, 2.75) is 40.4 Å². The van der Waals surface area contributed by atoms with Gasteiger partial charge in [0.1, 0.15) is 0 Å². The van der Waals surface area contributed by atoms with Gasteiger partial charge >= 0.3 is 5.82 Å². The van der Waals surface area contributed by atoms with Crippen molar-refractivity contribution in [3.05, 3.63) is 38.2 Å². The van der Waals surface area contributed by atoms with Crippen LogP contribution in [0.4, 0.5) is 5.82 Å². The fourth-order valence-electron chi connectivity index (χ4n) is 2.60. The van der Waals surface area contributed by atoms with Gasteiger partial charge in [0.25, 0.3) is 0 Å². The fourth-order valence-corrected chi connectivity index (χ4v) is 3.02. The number of nitro groups is 1. The van der Waals surface area contributed by atoms with Gasteiger partial charge in [-0.3, -0.25) is 9.48 Å². The summed E-state index contributed by atoms with van der Waals surface area (Å²) in [6.07, 6.45) is 1.72. The van der Waals surface area contributed by atoms with Gasteiger partial charge in [0, 0.05) is 13.6 Å². The molecule has 2 aromatic rings. The highest BCUT2D eigenvalue weighted by atomic mass is 79.9. The van der Waals surface area contributed by atoms with Crippen molar-refractivity contribution in [2.24, 2.45) is 5.92 Å². The lowest BCUT2D eigenvalue weighted by molar-refractivity contribution is -0.389. The van der Waals surface area contributed by atoms with Gasteiger partial charge in [-0.1, -0.05) is 6.92 Å². The number of aryl methyl sites for hydroxylation is 2. The Morgan fingerprint density at radius 1 is 1.48 bits per heavy atom. The summed E-state index contributed by atoms with van der Waals surface area (Å²) in [6, 6.07) is 1.40. The number of rotatable bonds is 7. The van der Waals surface area contributed by atoms with Gasteiger partial charge in [0.05, 0.1) is 52.2 Å². The van der Waals surface area contributed by atoms with E-state index in [4.69, 9.17) is 0 Å². The summed E-state index contributed by atoms with van der Waals surface area (Å²) in [6.45, 7) is 6.94. The van der Waals surface area contributed by atoms with Crippen molar-refractivity contribution >= 4 is 27.7 Å². The second-order valence-corrected chi connectivity index (χ2v) is 6.79. The highest BCUT2D eigenvalue weighted by Crippen LogP contribution is 2.19. The predicted molar refractivity (Wildman–Crippen MR) is 94.9 cm³/mol. The number of hydrogen-bond donors (Lipinski definition) is 0. The Bertz CT molecular complexity index is 784. The van der Waals surface area contributed by atoms with E-state index in [9.17, 15) is 14.9 Å². The van der Waals surface area contributed by atoms with E-state index in [0.29, 0.717) is 18.8 Å². The maximum atomic E-state index is 12.6. The number of aromatic nitrogens is 4. The van der Waals surface area contributed by atoms with E-state index >= 15 is 0 Å². The third kappa shape index (κ3) is 4.25. The minimum atomic E-state index is -0.536. The number of carbonyl (C=O) groups is 1. The first kappa shape index (κ1) is 19.1. The maximum Gasteiger partial charge on any atom is 0.390 e. The van der Waals surface area contributed by atoms with Gasteiger partial charge in [-0.05, 0) is 34.7 Å². The molecule has 0 saturated carbocycles. The van der Waals surface area contributed by atoms with E-state index in [1.165, 1.54) is 10.7 Å². The molecule has 2 rings (SSSR count). The van der Waals surface area contributed by atoms with E-state index in [1.807, 2.05) is 11.6 Å². The first-order valence-corrected chi connectivity index (χ1v) is 8.67. The molecular weight excluding hydrogens is 392 g/mol. The smallest absolute Gasteiger partial charge is 0.358 e. The Balaban J connectivity index is 2.06. The molecule has 0 saturated heterocycles. The molecule has 2 aromatic heterocycles. The lowest BCUT2D eigenvalue weighted by atomic mass is 10.1. The van der Waals surface area contributed by atoms with E-state index in [1.54, 1.807) is 32.0 Å². The molecule has 0 aliphatic heterocycles. The second-order valence-electron chi connectivity index (χ2n) is 5.93. The van der Waals surface area contributed by atoms with Gasteiger partial charge in [0.2, 0.25) is 5.91 Å². The Hall–Kier alpha value is -2.23. The normalized spacial score (nSPS) is 12.2. The summed E-state index contributed by atoms with van der Waals surface area (Å²) in [4.78, 5) is 24.5. The molecule has 0 aliphatic rings. The van der Waals surface area contributed by atoms with Crippen LogP contribution in [0.15, 0.2) is 16.7 Å². The Labute approximate surface area is 153 Å². The van der Waals surface area contributed by atoms with Crippen LogP contribution in [0.1, 0.15) is 25.2 Å². The topological polar surface area (TPSA) is 99.1 Å². The van der Waals surface area contributed by atoms with E-state index in [2.05, 4.69) is 26.1 Å². The molecule has 1 amide bonds. The van der Waals surface area contributed by atoms with Crippen LogP contribution in [-0.2, 0) is 24.4 Å². The molecule has 0 spiro atoms. The zero-order chi connectivity index (χ0) is 18.7. The molecule has 1 unspecified atom stereocenters. The largest absolute Gasteiger partial charge is 0.390 e. The van der Waals surface area contributed by atoms with Crippen molar-refractivity contribution in [2.75, 3.05) is 7.05 Å². The van der Waals surface area contributed by atoms with Crippen LogP contribution in [0.25, 0.3) is 0 Å². The Kier molecular flexibility index (Phi) is 5.93. The van der Waals surface area contributed by atoms with Crippen molar-refractivity contribution in [3.63, 3.8) is 0 Å². The summed E-state index contributed by atoms with van der Waals surface area (Å²) < 4.78 is 4.19. The molecule has 0 radical (unpaired) electrons. The van der Waals surface area contributed by atoms with Gasteiger partial charge in [0.15, 0.2) is 0 Å². The highest BCUT2D eigenvalue weighted by molar-refractivity contribution is 9.10. The Morgan fingerprint density at radius 2 is 2.16 bits per heavy atom. The molecule has 1 atom stereocenters. The first-order chi connectivity index (χ1) is 11.7. The third-order valence-electron chi connectivity index (χ3n) is 3.98. The molecule has 9 nitrogen and oxygen atoms in total. The number of halogens is 1. The van der Waals surface area contributed by atoms with Crippen molar-refractivity contribution < 1.29 is 9.72 Å². The zero-order valence-electron chi connectivity index (χ0n) is 14.6. The average molecular weight is 413 g/mol. The third-order valence-corrected chi connectivity index (χ3v) is 4.65. The monoisotopic (exact) mass is 412 g/mol. The summed E-state index contributed by atoms with van der Waals surface area (Å²) >= 11 is 3.45. The summed E-state index contributed by atoms with van der Waals surface area (Å²) in [5.74, 6) is -0.630. The molecule has 0 fully saturated rings. The standard InChI is InChI=1S/C15H21BrN6O3/c1-5-20-13(12(16)7-17-20)9-19(4)15(23)10(2)8-21-11(3)6-14(18-21)22(24)25/h6-7,10H,5,8-9H2,1-4H3. The number of nitrogens with zero attached hydrogens (tertiary/aromatic N) is 6. The lowest BCUT2D eigenvalue weighted by Gasteiger charge is -2.21. The molecule has 2 heterocycles. The lowest BCUT2D eigenvalue weighted by Crippen LogP contribution is -2.34. The highest BCUT2D eigenvalue weighted by Gasteiger charge is 2.24. The fraction of sp³-hybridized carbons (Fsp3) is 0.533. The van der Waals surface area contributed by atoms with Crippen LogP contribution in [-0.4, -0.2) is 42.3 Å². The summed E-state index contributed by atoms with van der Waals surface area (Å²) in [7, 11) is 1.73. The van der Waals surface area contributed by atoms with Crippen LogP contribution in [0.2, 0.25) is 0 Å². The first-order valence-electron chi connectivity index (χ1n) is 7.88. The van der Waals surface area contributed by atoms with Gasteiger partial charge < -0.3 is 15.0 Å². The van der Waals surface area contributed by atoms with Crippen LogP contribution < -0.4 is 0 Å². The number of amides is 1. The molecule has 10 heteroatoms. The summed E-state index contributed by atoms with van der Waals surface area (Å²) in [5, 5.41) is 19.0. The SMILES string of the molecule is CCn1ncc(Br)c1CN(C)C(=O)C(C)Cn1nc([N+](=O)[O-])cc1C. The van der Waals surface area contributed by atoms with Gasteiger partial charge in [-0.25, -0.2) is 0 Å². The summed E-state index contributed by atoms with van der Waals surface area (Å²) in [5.41, 5.74) is 1.58. The minimum absolute atomic E-state index is 0.0618. The number of hydrogen-bond acceptors (Lipinski definition) is 5. The van der Waals surface area contributed by atoms with Crippen LogP contribution in [0.5, 0.6) is 0 Å². The van der Waals surface area contributed by atoms with Crippen LogP contribution in [0, 0.1) is 23.0 Å². The molecule has 0 bridgehead atoms. The van der Waals surface area contributed by atoms with Crippen LogP contribution >= 0.6 is 15.9 Å².